The summed E-state index contributed by atoms with van der Waals surface area (Å²) >= 11 is 0. The fourth-order valence-corrected chi connectivity index (χ4v) is 0.843. The highest BCUT2D eigenvalue weighted by Gasteiger charge is 2.04. The van der Waals surface area contributed by atoms with Gasteiger partial charge in [-0.3, -0.25) is 4.68 Å². The predicted molar refractivity (Wildman–Crippen MR) is 40.9 cm³/mol. The Bertz CT molecular complexity index is 219. The van der Waals surface area contributed by atoms with Gasteiger partial charge in [0.15, 0.2) is 0 Å². The molecule has 1 aromatic heterocycles. The van der Waals surface area contributed by atoms with Gasteiger partial charge >= 0.3 is 0 Å². The molecule has 1 unspecified atom stereocenters. The molecule has 0 aliphatic rings. The Kier molecular flexibility index (Phi) is 2.59. The van der Waals surface area contributed by atoms with Crippen molar-refractivity contribution in [3.8, 4) is 0 Å². The molecule has 0 saturated heterocycles. The van der Waals surface area contributed by atoms with E-state index >= 15 is 0 Å². The van der Waals surface area contributed by atoms with Crippen LogP contribution in [0.15, 0.2) is 6.20 Å². The zero-order valence-corrected chi connectivity index (χ0v) is 6.86. The first-order valence-electron chi connectivity index (χ1n) is 3.82. The zero-order valence-electron chi connectivity index (χ0n) is 6.86. The molecule has 0 fully saturated rings. The topological polar surface area (TPSA) is 50.9 Å². The molecule has 0 aliphatic carbocycles. The van der Waals surface area contributed by atoms with Crippen LogP contribution in [-0.2, 0) is 6.54 Å². The summed E-state index contributed by atoms with van der Waals surface area (Å²) in [5.74, 6) is 0. The SMILES string of the molecule is CCCn1cc(C(C)O)nn1. The molecule has 0 aliphatic heterocycles. The van der Waals surface area contributed by atoms with Gasteiger partial charge in [0.1, 0.15) is 5.69 Å². The highest BCUT2D eigenvalue weighted by Crippen LogP contribution is 2.05. The van der Waals surface area contributed by atoms with Gasteiger partial charge in [0.2, 0.25) is 0 Å². The molecule has 4 heteroatoms. The van der Waals surface area contributed by atoms with Crippen molar-refractivity contribution < 1.29 is 5.11 Å². The Hall–Kier alpha value is -0.900. The summed E-state index contributed by atoms with van der Waals surface area (Å²) in [5, 5.41) is 16.7. The molecule has 0 amide bonds. The van der Waals surface area contributed by atoms with Crippen LogP contribution >= 0.6 is 0 Å². The van der Waals surface area contributed by atoms with Crippen LogP contribution in [0, 0.1) is 0 Å². The fraction of sp³-hybridized carbons (Fsp3) is 0.714. The fourth-order valence-electron chi connectivity index (χ4n) is 0.843. The van der Waals surface area contributed by atoms with Gasteiger partial charge in [-0.1, -0.05) is 12.1 Å². The van der Waals surface area contributed by atoms with Gasteiger partial charge < -0.3 is 5.11 Å². The maximum atomic E-state index is 9.09. The second kappa shape index (κ2) is 3.48. The Morgan fingerprint density at radius 3 is 2.91 bits per heavy atom. The van der Waals surface area contributed by atoms with Crippen molar-refractivity contribution in [3.63, 3.8) is 0 Å². The number of aryl methyl sites for hydroxylation is 1. The van der Waals surface area contributed by atoms with Gasteiger partial charge in [-0.05, 0) is 13.3 Å². The molecule has 0 spiro atoms. The third-order valence-corrected chi connectivity index (χ3v) is 1.44. The van der Waals surface area contributed by atoms with E-state index in [0.717, 1.165) is 13.0 Å². The molecule has 0 bridgehead atoms. The third-order valence-electron chi connectivity index (χ3n) is 1.44. The van der Waals surface area contributed by atoms with Gasteiger partial charge in [-0.2, -0.15) is 0 Å². The Balaban J connectivity index is 2.66. The van der Waals surface area contributed by atoms with Crippen LogP contribution in [0.2, 0.25) is 0 Å². The molecule has 1 rings (SSSR count). The lowest BCUT2D eigenvalue weighted by molar-refractivity contribution is 0.194. The first-order valence-corrected chi connectivity index (χ1v) is 3.82. The maximum Gasteiger partial charge on any atom is 0.111 e. The van der Waals surface area contributed by atoms with Crippen molar-refractivity contribution in [1.29, 1.82) is 0 Å². The number of aliphatic hydroxyl groups excluding tert-OH is 1. The average Bonchev–Trinajstić information content (AvgIpc) is 2.37. The Labute approximate surface area is 65.8 Å². The Morgan fingerprint density at radius 1 is 1.73 bits per heavy atom. The molecular weight excluding hydrogens is 142 g/mol. The molecule has 62 valence electrons. The number of aromatic nitrogens is 3. The zero-order chi connectivity index (χ0) is 8.27. The lowest BCUT2D eigenvalue weighted by atomic mass is 10.3. The van der Waals surface area contributed by atoms with Gasteiger partial charge in [0.25, 0.3) is 0 Å². The van der Waals surface area contributed by atoms with Gasteiger partial charge in [0, 0.05) is 6.54 Å². The molecular formula is C7H13N3O. The molecule has 0 saturated carbocycles. The van der Waals surface area contributed by atoms with Crippen molar-refractivity contribution in [3.05, 3.63) is 11.9 Å². The van der Waals surface area contributed by atoms with E-state index in [-0.39, 0.29) is 0 Å². The first kappa shape index (κ1) is 8.20. The van der Waals surface area contributed by atoms with E-state index in [1.807, 2.05) is 0 Å². The second-order valence-electron chi connectivity index (χ2n) is 2.58. The largest absolute Gasteiger partial charge is 0.387 e. The van der Waals surface area contributed by atoms with E-state index in [1.54, 1.807) is 17.8 Å². The third kappa shape index (κ3) is 2.01. The van der Waals surface area contributed by atoms with Crippen molar-refractivity contribution in [2.75, 3.05) is 0 Å². The summed E-state index contributed by atoms with van der Waals surface area (Å²) in [6, 6.07) is 0. The summed E-state index contributed by atoms with van der Waals surface area (Å²) in [6.07, 6.45) is 2.29. The number of nitrogens with zero attached hydrogens (tertiary/aromatic N) is 3. The van der Waals surface area contributed by atoms with Crippen LogP contribution in [0.25, 0.3) is 0 Å². The quantitative estimate of drug-likeness (QED) is 0.700. The summed E-state index contributed by atoms with van der Waals surface area (Å²) in [6.45, 7) is 4.61. The van der Waals surface area contributed by atoms with Gasteiger partial charge in [0.05, 0.1) is 12.3 Å². The van der Waals surface area contributed by atoms with E-state index < -0.39 is 6.10 Å². The second-order valence-corrected chi connectivity index (χ2v) is 2.58. The van der Waals surface area contributed by atoms with E-state index in [4.69, 9.17) is 5.11 Å². The summed E-state index contributed by atoms with van der Waals surface area (Å²) in [5.41, 5.74) is 0.637. The number of rotatable bonds is 3. The van der Waals surface area contributed by atoms with E-state index in [0.29, 0.717) is 5.69 Å². The van der Waals surface area contributed by atoms with Crippen LogP contribution in [0.3, 0.4) is 0 Å². The van der Waals surface area contributed by atoms with Crippen molar-refractivity contribution >= 4 is 0 Å². The van der Waals surface area contributed by atoms with Crippen molar-refractivity contribution in [2.24, 2.45) is 0 Å². The van der Waals surface area contributed by atoms with Crippen LogP contribution in [0.4, 0.5) is 0 Å². The molecule has 0 aromatic carbocycles. The molecule has 11 heavy (non-hydrogen) atoms. The highest BCUT2D eigenvalue weighted by molar-refractivity contribution is 4.95. The van der Waals surface area contributed by atoms with Crippen LogP contribution in [0.1, 0.15) is 32.1 Å². The normalized spacial score (nSPS) is 13.4. The van der Waals surface area contributed by atoms with Crippen molar-refractivity contribution in [1.82, 2.24) is 15.0 Å². The monoisotopic (exact) mass is 155 g/mol. The lowest BCUT2D eigenvalue weighted by Gasteiger charge is -1.95. The van der Waals surface area contributed by atoms with Crippen molar-refractivity contribution in [2.45, 2.75) is 32.9 Å². The van der Waals surface area contributed by atoms with E-state index in [2.05, 4.69) is 17.2 Å². The molecule has 1 N–H and O–H groups in total. The predicted octanol–water partition coefficient (Wildman–Crippen LogP) is 0.741. The van der Waals surface area contributed by atoms with Crippen LogP contribution in [0.5, 0.6) is 0 Å². The minimum atomic E-state index is -0.513. The summed E-state index contributed by atoms with van der Waals surface area (Å²) < 4.78 is 1.74. The standard InChI is InChI=1S/C7H13N3O/c1-3-4-10-5-7(6(2)11)8-9-10/h5-6,11H,3-4H2,1-2H3. The lowest BCUT2D eigenvalue weighted by Crippen LogP contribution is -1.96. The van der Waals surface area contributed by atoms with Crippen LogP contribution in [-0.4, -0.2) is 20.1 Å². The summed E-state index contributed by atoms with van der Waals surface area (Å²) in [7, 11) is 0. The molecule has 1 heterocycles. The smallest absolute Gasteiger partial charge is 0.111 e. The number of hydrogen-bond acceptors (Lipinski definition) is 3. The molecule has 1 aromatic rings. The first-order chi connectivity index (χ1) is 5.24. The molecule has 1 atom stereocenters. The van der Waals surface area contributed by atoms with E-state index in [9.17, 15) is 0 Å². The Morgan fingerprint density at radius 2 is 2.45 bits per heavy atom. The minimum Gasteiger partial charge on any atom is -0.387 e. The van der Waals surface area contributed by atoms with Gasteiger partial charge in [-0.25, -0.2) is 0 Å². The highest BCUT2D eigenvalue weighted by atomic mass is 16.3. The van der Waals surface area contributed by atoms with E-state index in [1.165, 1.54) is 0 Å². The summed E-state index contributed by atoms with van der Waals surface area (Å²) in [4.78, 5) is 0. The molecule has 0 radical (unpaired) electrons. The number of aliphatic hydroxyl groups is 1. The average molecular weight is 155 g/mol. The minimum absolute atomic E-state index is 0.513. The van der Waals surface area contributed by atoms with Crippen LogP contribution < -0.4 is 0 Å². The van der Waals surface area contributed by atoms with Gasteiger partial charge in [-0.15, -0.1) is 5.10 Å². The maximum absolute atomic E-state index is 9.09. The number of hydrogen-bond donors (Lipinski definition) is 1. The molecule has 4 nitrogen and oxygen atoms in total.